The maximum absolute atomic E-state index is 12.7. The third-order valence-corrected chi connectivity index (χ3v) is 10.0. The number of unbranched alkanes of at least 4 members (excludes halogenated alkanes) is 21. The van der Waals surface area contributed by atoms with Crippen LogP contribution in [0.5, 0.6) is 0 Å². The van der Waals surface area contributed by atoms with Crippen LogP contribution in [0.3, 0.4) is 0 Å². The molecule has 0 aromatic carbocycles. The van der Waals surface area contributed by atoms with E-state index in [1.54, 1.807) is 0 Å². The standard InChI is InChI=1S/C44H80O10/c1-3-5-7-9-11-13-15-16-17-18-19-20-21-22-23-25-27-29-31-33-40(47)53-37(36-52-44-43(50)42(49)41(48)38(34-45)54-44)35-51-39(46)32-30-28-26-24-14-12-10-8-6-4-2/h8,10,16-17,37-38,41-45,48-50H,3-7,9,11-15,18-36H2,1-2H3/b10-8-,17-16-. The number of aliphatic hydroxyl groups is 4. The number of hydrogen-bond donors (Lipinski definition) is 4. The Morgan fingerprint density at radius 1 is 0.556 bits per heavy atom. The molecule has 1 rings (SSSR count). The lowest BCUT2D eigenvalue weighted by Gasteiger charge is -2.39. The van der Waals surface area contributed by atoms with Crippen LogP contribution in [0, 0.1) is 0 Å². The van der Waals surface area contributed by atoms with Crippen LogP contribution >= 0.6 is 0 Å². The molecule has 1 fully saturated rings. The number of aliphatic hydroxyl groups excluding tert-OH is 4. The molecule has 54 heavy (non-hydrogen) atoms. The Labute approximate surface area is 328 Å². The van der Waals surface area contributed by atoms with Gasteiger partial charge in [0.25, 0.3) is 0 Å². The number of hydrogen-bond acceptors (Lipinski definition) is 10. The van der Waals surface area contributed by atoms with Crippen LogP contribution in [0.2, 0.25) is 0 Å². The lowest BCUT2D eigenvalue weighted by Crippen LogP contribution is -2.59. The molecule has 0 saturated carbocycles. The lowest BCUT2D eigenvalue weighted by molar-refractivity contribution is -0.305. The quantitative estimate of drug-likeness (QED) is 0.0276. The maximum atomic E-state index is 12.7. The highest BCUT2D eigenvalue weighted by molar-refractivity contribution is 5.70. The van der Waals surface area contributed by atoms with Crippen molar-refractivity contribution in [2.75, 3.05) is 19.8 Å². The summed E-state index contributed by atoms with van der Waals surface area (Å²) in [5.41, 5.74) is 0. The molecule has 6 unspecified atom stereocenters. The van der Waals surface area contributed by atoms with E-state index in [-0.39, 0.29) is 32.0 Å². The van der Waals surface area contributed by atoms with E-state index in [1.165, 1.54) is 89.9 Å². The molecule has 1 saturated heterocycles. The summed E-state index contributed by atoms with van der Waals surface area (Å²) in [6.07, 6.45) is 30.5. The molecule has 4 N–H and O–H groups in total. The Morgan fingerprint density at radius 2 is 1.02 bits per heavy atom. The largest absolute Gasteiger partial charge is 0.462 e. The molecule has 0 radical (unpaired) electrons. The van der Waals surface area contributed by atoms with Gasteiger partial charge in [0.2, 0.25) is 0 Å². The predicted molar refractivity (Wildman–Crippen MR) is 215 cm³/mol. The highest BCUT2D eigenvalue weighted by Gasteiger charge is 2.44. The number of allylic oxidation sites excluding steroid dienone is 4. The van der Waals surface area contributed by atoms with E-state index in [2.05, 4.69) is 38.2 Å². The van der Waals surface area contributed by atoms with Gasteiger partial charge in [0, 0.05) is 12.8 Å². The van der Waals surface area contributed by atoms with Gasteiger partial charge in [-0.25, -0.2) is 0 Å². The minimum absolute atomic E-state index is 0.221. The zero-order valence-electron chi connectivity index (χ0n) is 34.2. The second kappa shape index (κ2) is 35.6. The Morgan fingerprint density at radius 3 is 1.52 bits per heavy atom. The first kappa shape index (κ1) is 50.2. The monoisotopic (exact) mass is 769 g/mol. The first-order valence-electron chi connectivity index (χ1n) is 21.9. The zero-order valence-corrected chi connectivity index (χ0v) is 34.2. The fourth-order valence-corrected chi connectivity index (χ4v) is 6.54. The summed E-state index contributed by atoms with van der Waals surface area (Å²) in [6.45, 7) is 3.34. The lowest BCUT2D eigenvalue weighted by atomic mass is 9.99. The smallest absolute Gasteiger partial charge is 0.306 e. The van der Waals surface area contributed by atoms with Gasteiger partial charge in [-0.15, -0.1) is 0 Å². The number of ether oxygens (including phenoxy) is 4. The van der Waals surface area contributed by atoms with Crippen LogP contribution in [0.4, 0.5) is 0 Å². The maximum Gasteiger partial charge on any atom is 0.306 e. The summed E-state index contributed by atoms with van der Waals surface area (Å²) in [4.78, 5) is 25.2. The second-order valence-electron chi connectivity index (χ2n) is 15.1. The Bertz CT molecular complexity index is 938. The van der Waals surface area contributed by atoms with Gasteiger partial charge >= 0.3 is 11.9 Å². The fourth-order valence-electron chi connectivity index (χ4n) is 6.54. The second-order valence-corrected chi connectivity index (χ2v) is 15.1. The SMILES string of the molecule is CCC/C=C\CCCCCCCC(=O)OCC(COC1OC(CO)C(O)C(O)C1O)OC(=O)CCCCCCCCCCC/C=C\CCCCCCCC. The fraction of sp³-hybridized carbons (Fsp3) is 0.864. The molecule has 0 bridgehead atoms. The summed E-state index contributed by atoms with van der Waals surface area (Å²) >= 11 is 0. The molecule has 316 valence electrons. The average Bonchev–Trinajstić information content (AvgIpc) is 3.17. The van der Waals surface area contributed by atoms with Crippen LogP contribution in [0.15, 0.2) is 24.3 Å². The molecule has 1 aliphatic rings. The van der Waals surface area contributed by atoms with E-state index in [1.807, 2.05) is 0 Å². The van der Waals surface area contributed by atoms with Gasteiger partial charge in [0.15, 0.2) is 12.4 Å². The van der Waals surface area contributed by atoms with Gasteiger partial charge in [-0.2, -0.15) is 0 Å². The third kappa shape index (κ3) is 26.9. The molecule has 1 heterocycles. The van der Waals surface area contributed by atoms with E-state index < -0.39 is 49.4 Å². The number of carbonyl (C=O) groups is 2. The van der Waals surface area contributed by atoms with Crippen LogP contribution in [-0.4, -0.2) is 89.0 Å². The normalized spacial score (nSPS) is 20.9. The molecule has 1 aliphatic heterocycles. The predicted octanol–water partition coefficient (Wildman–Crippen LogP) is 8.94. The van der Waals surface area contributed by atoms with Crippen LogP contribution in [0.25, 0.3) is 0 Å². The van der Waals surface area contributed by atoms with Crippen LogP contribution in [0.1, 0.15) is 187 Å². The van der Waals surface area contributed by atoms with Crippen molar-refractivity contribution in [1.29, 1.82) is 0 Å². The molecule has 10 nitrogen and oxygen atoms in total. The minimum atomic E-state index is -1.59. The van der Waals surface area contributed by atoms with Gasteiger partial charge < -0.3 is 39.4 Å². The average molecular weight is 769 g/mol. The Balaban J connectivity index is 2.31. The van der Waals surface area contributed by atoms with Gasteiger partial charge in [0.1, 0.15) is 31.0 Å². The molecule has 0 aromatic rings. The van der Waals surface area contributed by atoms with Crippen molar-refractivity contribution in [2.24, 2.45) is 0 Å². The molecule has 10 heteroatoms. The molecule has 0 amide bonds. The van der Waals surface area contributed by atoms with E-state index in [0.29, 0.717) is 12.8 Å². The first-order chi connectivity index (χ1) is 26.3. The number of rotatable bonds is 36. The summed E-state index contributed by atoms with van der Waals surface area (Å²) in [5, 5.41) is 40.0. The van der Waals surface area contributed by atoms with Crippen molar-refractivity contribution < 1.29 is 49.0 Å². The summed E-state index contributed by atoms with van der Waals surface area (Å²) in [7, 11) is 0. The zero-order chi connectivity index (χ0) is 39.5. The molecular weight excluding hydrogens is 688 g/mol. The molecule has 0 aliphatic carbocycles. The van der Waals surface area contributed by atoms with E-state index in [9.17, 15) is 30.0 Å². The highest BCUT2D eigenvalue weighted by Crippen LogP contribution is 2.22. The van der Waals surface area contributed by atoms with Crippen molar-refractivity contribution in [3.63, 3.8) is 0 Å². The highest BCUT2D eigenvalue weighted by atomic mass is 16.7. The van der Waals surface area contributed by atoms with E-state index >= 15 is 0 Å². The van der Waals surface area contributed by atoms with Crippen LogP contribution < -0.4 is 0 Å². The summed E-state index contributed by atoms with van der Waals surface area (Å²) < 4.78 is 22.1. The summed E-state index contributed by atoms with van der Waals surface area (Å²) in [6, 6.07) is 0. The molecular formula is C44H80O10. The van der Waals surface area contributed by atoms with Crippen molar-refractivity contribution in [3.8, 4) is 0 Å². The van der Waals surface area contributed by atoms with Crippen molar-refractivity contribution in [3.05, 3.63) is 24.3 Å². The Kier molecular flexibility index (Phi) is 33.1. The number of carbonyl (C=O) groups excluding carboxylic acids is 2. The molecule has 0 spiro atoms. The van der Waals surface area contributed by atoms with Gasteiger partial charge in [-0.05, 0) is 57.8 Å². The van der Waals surface area contributed by atoms with Crippen LogP contribution in [-0.2, 0) is 28.5 Å². The minimum Gasteiger partial charge on any atom is -0.462 e. The molecule has 0 aromatic heterocycles. The Hall–Kier alpha value is -1.82. The number of esters is 2. The van der Waals surface area contributed by atoms with Crippen molar-refractivity contribution >= 4 is 11.9 Å². The topological polar surface area (TPSA) is 152 Å². The third-order valence-electron chi connectivity index (χ3n) is 10.0. The van der Waals surface area contributed by atoms with Gasteiger partial charge in [-0.1, -0.05) is 141 Å². The van der Waals surface area contributed by atoms with Gasteiger partial charge in [-0.3, -0.25) is 9.59 Å². The van der Waals surface area contributed by atoms with E-state index in [4.69, 9.17) is 18.9 Å². The first-order valence-corrected chi connectivity index (χ1v) is 21.9. The van der Waals surface area contributed by atoms with Gasteiger partial charge in [0.05, 0.1) is 13.2 Å². The molecule has 6 atom stereocenters. The summed E-state index contributed by atoms with van der Waals surface area (Å²) in [5.74, 6) is -0.818. The van der Waals surface area contributed by atoms with Crippen molar-refractivity contribution in [1.82, 2.24) is 0 Å². The van der Waals surface area contributed by atoms with Crippen molar-refractivity contribution in [2.45, 2.75) is 224 Å². The van der Waals surface area contributed by atoms with E-state index in [0.717, 1.165) is 57.8 Å².